The van der Waals surface area contributed by atoms with Crippen LogP contribution in [-0.4, -0.2) is 19.7 Å². The number of hydrogen-bond donors (Lipinski definition) is 2. The van der Waals surface area contributed by atoms with Crippen LogP contribution in [0.15, 0.2) is 40.6 Å². The molecule has 2 aromatic heterocycles. The largest absolute Gasteiger partial charge is 0.508 e. The topological polar surface area (TPSA) is 101 Å². The number of aromatic hydroxyl groups is 1. The summed E-state index contributed by atoms with van der Waals surface area (Å²) in [5.41, 5.74) is 9.31. The van der Waals surface area contributed by atoms with Crippen LogP contribution in [-0.2, 0) is 0 Å². The van der Waals surface area contributed by atoms with Crippen LogP contribution in [0.3, 0.4) is 0 Å². The van der Waals surface area contributed by atoms with E-state index in [1.54, 1.807) is 28.8 Å². The van der Waals surface area contributed by atoms with Gasteiger partial charge in [0.05, 0.1) is 5.69 Å². The summed E-state index contributed by atoms with van der Waals surface area (Å²) in [7, 11) is 0. The van der Waals surface area contributed by atoms with Gasteiger partial charge in [-0.1, -0.05) is 0 Å². The molecule has 7 heteroatoms. The minimum Gasteiger partial charge on any atom is -0.508 e. The molecule has 0 saturated carbocycles. The van der Waals surface area contributed by atoms with E-state index in [4.69, 9.17) is 5.73 Å². The number of phenols is 1. The maximum Gasteiger partial charge on any atom is 0.185 e. The lowest BCUT2D eigenvalue weighted by Gasteiger charge is -1.99. The number of benzene rings is 1. The summed E-state index contributed by atoms with van der Waals surface area (Å²) in [6.45, 7) is 3.83. The average molecular weight is 282 g/mol. The zero-order valence-corrected chi connectivity index (χ0v) is 11.6. The number of aromatic nitrogens is 3. The predicted octanol–water partition coefficient (Wildman–Crippen LogP) is 3.05. The minimum atomic E-state index is 0.178. The number of aryl methyl sites for hydroxylation is 2. The summed E-state index contributed by atoms with van der Waals surface area (Å²) in [4.78, 5) is 4.41. The van der Waals surface area contributed by atoms with Crippen molar-refractivity contribution in [1.29, 1.82) is 0 Å². The van der Waals surface area contributed by atoms with Gasteiger partial charge in [-0.05, 0) is 44.2 Å². The Kier molecular flexibility index (Phi) is 3.02. The van der Waals surface area contributed by atoms with Gasteiger partial charge in [0.25, 0.3) is 0 Å². The molecule has 0 radical (unpaired) electrons. The summed E-state index contributed by atoms with van der Waals surface area (Å²) in [6, 6.07) is 8.32. The highest BCUT2D eigenvalue weighted by Gasteiger charge is 2.13. The van der Waals surface area contributed by atoms with E-state index in [0.29, 0.717) is 17.0 Å². The van der Waals surface area contributed by atoms with Gasteiger partial charge in [-0.15, -0.1) is 10.2 Å². The zero-order valence-electron chi connectivity index (χ0n) is 11.6. The van der Waals surface area contributed by atoms with Crippen molar-refractivity contribution in [3.8, 4) is 5.75 Å². The van der Waals surface area contributed by atoms with Gasteiger partial charge in [0, 0.05) is 11.4 Å². The number of anilines is 1. The molecule has 0 atom stereocenters. The van der Waals surface area contributed by atoms with Crippen LogP contribution >= 0.6 is 0 Å². The van der Waals surface area contributed by atoms with Crippen molar-refractivity contribution >= 4 is 22.8 Å². The lowest BCUT2D eigenvalue weighted by molar-refractivity contribution is 0.475. The van der Waals surface area contributed by atoms with E-state index in [9.17, 15) is 5.11 Å². The van der Waals surface area contributed by atoms with Gasteiger partial charge < -0.3 is 10.8 Å². The number of phenolic OH excluding ortho intramolecular Hbond substituents is 1. The van der Waals surface area contributed by atoms with Crippen molar-refractivity contribution < 1.29 is 5.11 Å². The number of nitrogen functional groups attached to an aromatic ring is 1. The van der Waals surface area contributed by atoms with Crippen LogP contribution in [0.4, 0.5) is 17.2 Å². The highest BCUT2D eigenvalue weighted by atomic mass is 16.3. The highest BCUT2D eigenvalue weighted by molar-refractivity contribution is 5.75. The molecule has 0 aliphatic carbocycles. The Bertz CT molecular complexity index is 835. The smallest absolute Gasteiger partial charge is 0.185 e. The molecule has 3 aromatic rings. The molecule has 21 heavy (non-hydrogen) atoms. The summed E-state index contributed by atoms with van der Waals surface area (Å²) < 4.78 is 1.65. The Morgan fingerprint density at radius 1 is 1.14 bits per heavy atom. The first-order valence-electron chi connectivity index (χ1n) is 6.38. The standard InChI is InChI=1S/C14H14N6O/c1-8-7-9(2)20-14(16-8)12(13(15)19-20)18-17-10-3-5-11(21)6-4-10/h3-7,21H,1-2H3,(H2,15,19). The Morgan fingerprint density at radius 3 is 2.57 bits per heavy atom. The van der Waals surface area contributed by atoms with Crippen molar-refractivity contribution in [2.45, 2.75) is 13.8 Å². The first kappa shape index (κ1) is 13.0. The molecule has 7 nitrogen and oxygen atoms in total. The fourth-order valence-electron chi connectivity index (χ4n) is 2.05. The van der Waals surface area contributed by atoms with Crippen LogP contribution in [0.1, 0.15) is 11.4 Å². The Morgan fingerprint density at radius 2 is 1.86 bits per heavy atom. The van der Waals surface area contributed by atoms with Crippen molar-refractivity contribution in [2.24, 2.45) is 10.2 Å². The van der Waals surface area contributed by atoms with Crippen LogP contribution in [0.2, 0.25) is 0 Å². The first-order valence-corrected chi connectivity index (χ1v) is 6.38. The van der Waals surface area contributed by atoms with Gasteiger partial charge in [-0.25, -0.2) is 9.50 Å². The van der Waals surface area contributed by atoms with E-state index in [1.807, 2.05) is 19.9 Å². The number of hydrogen-bond acceptors (Lipinski definition) is 6. The highest BCUT2D eigenvalue weighted by Crippen LogP contribution is 2.29. The Labute approximate surface area is 120 Å². The molecule has 2 heterocycles. The fourth-order valence-corrected chi connectivity index (χ4v) is 2.05. The molecule has 0 fully saturated rings. The van der Waals surface area contributed by atoms with Gasteiger partial charge in [0.2, 0.25) is 0 Å². The van der Waals surface area contributed by atoms with Gasteiger partial charge in [-0.3, -0.25) is 0 Å². The molecule has 0 aliphatic rings. The third-order valence-corrected chi connectivity index (χ3v) is 3.01. The Balaban J connectivity index is 2.08. The van der Waals surface area contributed by atoms with E-state index in [1.165, 1.54) is 0 Å². The lowest BCUT2D eigenvalue weighted by atomic mass is 10.3. The fraction of sp³-hybridized carbons (Fsp3) is 0.143. The number of fused-ring (bicyclic) bond motifs is 1. The quantitative estimate of drug-likeness (QED) is 0.705. The van der Waals surface area contributed by atoms with Crippen molar-refractivity contribution in [3.63, 3.8) is 0 Å². The maximum atomic E-state index is 9.24. The zero-order chi connectivity index (χ0) is 15.0. The second-order valence-corrected chi connectivity index (χ2v) is 4.72. The second-order valence-electron chi connectivity index (χ2n) is 4.72. The van der Waals surface area contributed by atoms with Crippen LogP contribution in [0.25, 0.3) is 5.65 Å². The molecule has 3 N–H and O–H groups in total. The normalized spacial score (nSPS) is 11.5. The minimum absolute atomic E-state index is 0.178. The summed E-state index contributed by atoms with van der Waals surface area (Å²) in [5, 5.41) is 21.7. The average Bonchev–Trinajstić information content (AvgIpc) is 2.75. The molecule has 1 aromatic carbocycles. The first-order chi connectivity index (χ1) is 10.0. The second kappa shape index (κ2) is 4.86. The van der Waals surface area contributed by atoms with E-state index in [0.717, 1.165) is 11.4 Å². The van der Waals surface area contributed by atoms with Crippen molar-refractivity contribution in [3.05, 3.63) is 41.7 Å². The molecule has 106 valence electrons. The molecule has 0 amide bonds. The SMILES string of the molecule is Cc1cc(C)n2nc(N)c(N=Nc3ccc(O)cc3)c2n1. The number of azo groups is 1. The summed E-state index contributed by atoms with van der Waals surface area (Å²) >= 11 is 0. The summed E-state index contributed by atoms with van der Waals surface area (Å²) in [6.07, 6.45) is 0. The molecule has 0 aliphatic heterocycles. The van der Waals surface area contributed by atoms with Gasteiger partial charge in [-0.2, -0.15) is 5.11 Å². The number of rotatable bonds is 2. The van der Waals surface area contributed by atoms with E-state index in [2.05, 4.69) is 20.3 Å². The Hall–Kier alpha value is -2.96. The molecule has 0 saturated heterocycles. The van der Waals surface area contributed by atoms with Gasteiger partial charge in [0.1, 0.15) is 5.75 Å². The lowest BCUT2D eigenvalue weighted by Crippen LogP contribution is -1.97. The molecule has 0 unspecified atom stereocenters. The number of nitrogens with two attached hydrogens (primary N) is 1. The predicted molar refractivity (Wildman–Crippen MR) is 79.2 cm³/mol. The van der Waals surface area contributed by atoms with Crippen molar-refractivity contribution in [1.82, 2.24) is 14.6 Å². The monoisotopic (exact) mass is 282 g/mol. The molecular weight excluding hydrogens is 268 g/mol. The van der Waals surface area contributed by atoms with Gasteiger partial charge in [0.15, 0.2) is 17.2 Å². The van der Waals surface area contributed by atoms with E-state index >= 15 is 0 Å². The molecule has 3 rings (SSSR count). The van der Waals surface area contributed by atoms with Gasteiger partial charge >= 0.3 is 0 Å². The van der Waals surface area contributed by atoms with Crippen LogP contribution in [0.5, 0.6) is 5.75 Å². The third kappa shape index (κ3) is 2.40. The maximum absolute atomic E-state index is 9.24. The van der Waals surface area contributed by atoms with E-state index < -0.39 is 0 Å². The molecule has 0 spiro atoms. The number of nitrogens with zero attached hydrogens (tertiary/aromatic N) is 5. The molecule has 0 bridgehead atoms. The summed E-state index contributed by atoms with van der Waals surface area (Å²) in [5.74, 6) is 0.455. The van der Waals surface area contributed by atoms with Crippen molar-refractivity contribution in [2.75, 3.05) is 5.73 Å². The molecular formula is C14H14N6O. The van der Waals surface area contributed by atoms with E-state index in [-0.39, 0.29) is 11.6 Å². The van der Waals surface area contributed by atoms with Crippen LogP contribution in [0, 0.1) is 13.8 Å². The third-order valence-electron chi connectivity index (χ3n) is 3.01. The van der Waals surface area contributed by atoms with Crippen LogP contribution < -0.4 is 5.73 Å².